The first-order valence-electron chi connectivity index (χ1n) is 8.19. The molecule has 2 unspecified atom stereocenters. The first-order chi connectivity index (χ1) is 12.7. The minimum Gasteiger partial charge on any atom is -0.324 e. The van der Waals surface area contributed by atoms with Crippen molar-refractivity contribution in [3.05, 3.63) is 66.4 Å². The Morgan fingerprint density at radius 1 is 1.04 bits per heavy atom. The molecule has 2 amide bonds. The molecule has 8 heteroatoms. The van der Waals surface area contributed by atoms with Crippen LogP contribution in [0.25, 0.3) is 0 Å². The zero-order valence-corrected chi connectivity index (χ0v) is 13.7. The molecule has 2 aromatic heterocycles. The predicted octanol–water partition coefficient (Wildman–Crippen LogP) is 2.19. The molecule has 2 heterocycles. The van der Waals surface area contributed by atoms with Crippen molar-refractivity contribution >= 4 is 23.3 Å². The molecule has 130 valence electrons. The third-order valence-corrected chi connectivity index (χ3v) is 4.22. The van der Waals surface area contributed by atoms with Gasteiger partial charge in [-0.3, -0.25) is 14.7 Å². The van der Waals surface area contributed by atoms with Crippen molar-refractivity contribution in [2.45, 2.75) is 12.3 Å². The number of hydrogen-bond acceptors (Lipinski definition) is 5. The summed E-state index contributed by atoms with van der Waals surface area (Å²) in [6.45, 7) is 0. The Balaban J connectivity index is 1.33. The lowest BCUT2D eigenvalue weighted by Gasteiger charge is -2.07. The van der Waals surface area contributed by atoms with Crippen LogP contribution < -0.4 is 10.6 Å². The maximum atomic E-state index is 12.3. The van der Waals surface area contributed by atoms with Gasteiger partial charge in [-0.05, 0) is 30.7 Å². The van der Waals surface area contributed by atoms with Crippen LogP contribution in [0.15, 0.2) is 55.0 Å². The molecule has 1 aliphatic carbocycles. The quantitative estimate of drug-likeness (QED) is 0.654. The van der Waals surface area contributed by atoms with Gasteiger partial charge in [-0.25, -0.2) is 9.97 Å². The first-order valence-corrected chi connectivity index (χ1v) is 8.19. The summed E-state index contributed by atoms with van der Waals surface area (Å²) in [6.07, 6.45) is 3.71. The zero-order valence-electron chi connectivity index (χ0n) is 13.7. The summed E-state index contributed by atoms with van der Waals surface area (Å²) in [5.74, 6) is 0.831. The van der Waals surface area contributed by atoms with E-state index in [4.69, 9.17) is 0 Å². The molecule has 0 aliphatic heterocycles. The fraction of sp³-hybridized carbons (Fsp3) is 0.167. The number of carbonyl (C=O) groups is 2. The summed E-state index contributed by atoms with van der Waals surface area (Å²) in [7, 11) is 0. The highest BCUT2D eigenvalue weighted by molar-refractivity contribution is 6.03. The van der Waals surface area contributed by atoms with Gasteiger partial charge in [0.1, 0.15) is 18.0 Å². The van der Waals surface area contributed by atoms with Gasteiger partial charge in [-0.1, -0.05) is 18.2 Å². The number of hydrogen-bond donors (Lipinski definition) is 3. The van der Waals surface area contributed by atoms with Crippen LogP contribution in [0.3, 0.4) is 0 Å². The van der Waals surface area contributed by atoms with Crippen LogP contribution >= 0.6 is 0 Å². The van der Waals surface area contributed by atoms with E-state index < -0.39 is 0 Å². The topological polar surface area (TPSA) is 113 Å². The highest BCUT2D eigenvalue weighted by Crippen LogP contribution is 2.46. The number of rotatable bonds is 5. The van der Waals surface area contributed by atoms with E-state index in [0.717, 1.165) is 12.2 Å². The van der Waals surface area contributed by atoms with Gasteiger partial charge in [0.25, 0.3) is 5.91 Å². The van der Waals surface area contributed by atoms with Crippen molar-refractivity contribution in [3.63, 3.8) is 0 Å². The Bertz CT molecular complexity index is 909. The fourth-order valence-corrected chi connectivity index (χ4v) is 2.74. The van der Waals surface area contributed by atoms with E-state index in [9.17, 15) is 9.59 Å². The smallest absolute Gasteiger partial charge is 0.256 e. The van der Waals surface area contributed by atoms with Gasteiger partial charge in [-0.2, -0.15) is 5.10 Å². The molecule has 4 rings (SSSR count). The highest BCUT2D eigenvalue weighted by atomic mass is 16.2. The van der Waals surface area contributed by atoms with Crippen molar-refractivity contribution in [1.82, 2.24) is 20.2 Å². The monoisotopic (exact) mass is 348 g/mol. The number of carbonyl (C=O) groups excluding carboxylic acids is 2. The number of nitrogens with one attached hydrogen (secondary N) is 3. The number of nitrogens with zero attached hydrogens (tertiary/aromatic N) is 3. The van der Waals surface area contributed by atoms with Crippen LogP contribution in [0.1, 0.15) is 28.5 Å². The van der Waals surface area contributed by atoms with Crippen LogP contribution in [-0.4, -0.2) is 32.0 Å². The van der Waals surface area contributed by atoms with Crippen molar-refractivity contribution in [2.24, 2.45) is 5.92 Å². The zero-order chi connectivity index (χ0) is 17.9. The van der Waals surface area contributed by atoms with E-state index in [-0.39, 0.29) is 23.7 Å². The van der Waals surface area contributed by atoms with Gasteiger partial charge in [-0.15, -0.1) is 0 Å². The standard InChI is InChI=1S/C18H16N6O2/c25-17(11-4-2-1-3-5-11)23-15-7-6-12(9-19-15)22-18(26)14-8-13(14)16-20-10-21-24-16/h1-7,9-10,13-14H,8H2,(H,22,26)(H,19,23,25)(H,20,21,24). The maximum absolute atomic E-state index is 12.3. The number of aromatic nitrogens is 4. The molecule has 0 spiro atoms. The second kappa shape index (κ2) is 6.75. The molecule has 26 heavy (non-hydrogen) atoms. The minimum atomic E-state index is -0.234. The fourth-order valence-electron chi connectivity index (χ4n) is 2.74. The van der Waals surface area contributed by atoms with Crippen LogP contribution in [0.2, 0.25) is 0 Å². The van der Waals surface area contributed by atoms with Crippen LogP contribution in [-0.2, 0) is 4.79 Å². The van der Waals surface area contributed by atoms with Crippen molar-refractivity contribution in [1.29, 1.82) is 0 Å². The molecule has 1 fully saturated rings. The van der Waals surface area contributed by atoms with Crippen LogP contribution in [0.5, 0.6) is 0 Å². The number of amides is 2. The summed E-state index contributed by atoms with van der Waals surface area (Å²) in [6, 6.07) is 12.2. The molecule has 1 aromatic carbocycles. The number of benzene rings is 1. The summed E-state index contributed by atoms with van der Waals surface area (Å²) in [5.41, 5.74) is 1.13. The third-order valence-electron chi connectivity index (χ3n) is 4.22. The molecule has 3 N–H and O–H groups in total. The third kappa shape index (κ3) is 3.44. The largest absolute Gasteiger partial charge is 0.324 e. The lowest BCUT2D eigenvalue weighted by Crippen LogP contribution is -2.16. The Labute approximate surface area is 149 Å². The summed E-state index contributed by atoms with van der Waals surface area (Å²) >= 11 is 0. The van der Waals surface area contributed by atoms with Crippen molar-refractivity contribution in [2.75, 3.05) is 10.6 Å². The van der Waals surface area contributed by atoms with Crippen molar-refractivity contribution < 1.29 is 9.59 Å². The molecule has 1 aliphatic rings. The van der Waals surface area contributed by atoms with Gasteiger partial charge in [0.15, 0.2) is 0 Å². The Morgan fingerprint density at radius 2 is 1.88 bits per heavy atom. The summed E-state index contributed by atoms with van der Waals surface area (Å²) in [4.78, 5) is 32.6. The number of anilines is 2. The molecular weight excluding hydrogens is 332 g/mol. The first kappa shape index (κ1) is 15.9. The SMILES string of the molecule is O=C(Nc1ccc(NC(=O)C2CC2c2ncn[nH]2)cn1)c1ccccc1. The average molecular weight is 348 g/mol. The van der Waals surface area contributed by atoms with E-state index in [1.165, 1.54) is 12.5 Å². The molecule has 0 saturated heterocycles. The predicted molar refractivity (Wildman–Crippen MR) is 94.5 cm³/mol. The minimum absolute atomic E-state index is 0.0747. The molecule has 0 radical (unpaired) electrons. The Hall–Kier alpha value is -3.55. The number of H-pyrrole nitrogens is 1. The molecule has 0 bridgehead atoms. The maximum Gasteiger partial charge on any atom is 0.256 e. The van der Waals surface area contributed by atoms with Gasteiger partial charge in [0.2, 0.25) is 5.91 Å². The summed E-state index contributed by atoms with van der Waals surface area (Å²) < 4.78 is 0. The number of aromatic amines is 1. The molecule has 1 saturated carbocycles. The molecule has 3 aromatic rings. The van der Waals surface area contributed by atoms with Gasteiger partial charge < -0.3 is 10.6 Å². The molecule has 2 atom stereocenters. The van der Waals surface area contributed by atoms with E-state index in [2.05, 4.69) is 30.8 Å². The van der Waals surface area contributed by atoms with E-state index in [1.807, 2.05) is 6.07 Å². The van der Waals surface area contributed by atoms with E-state index in [0.29, 0.717) is 17.1 Å². The van der Waals surface area contributed by atoms with Crippen LogP contribution in [0.4, 0.5) is 11.5 Å². The van der Waals surface area contributed by atoms with Crippen molar-refractivity contribution in [3.8, 4) is 0 Å². The van der Waals surface area contributed by atoms with E-state index in [1.54, 1.807) is 36.4 Å². The normalized spacial score (nSPS) is 18.2. The molecule has 8 nitrogen and oxygen atoms in total. The van der Waals surface area contributed by atoms with Gasteiger partial charge in [0, 0.05) is 17.4 Å². The van der Waals surface area contributed by atoms with Crippen LogP contribution in [0, 0.1) is 5.92 Å². The van der Waals surface area contributed by atoms with Gasteiger partial charge >= 0.3 is 0 Å². The Kier molecular flexibility index (Phi) is 4.14. The lowest BCUT2D eigenvalue weighted by atomic mass is 10.2. The second-order valence-corrected chi connectivity index (χ2v) is 6.06. The Morgan fingerprint density at radius 3 is 2.58 bits per heavy atom. The van der Waals surface area contributed by atoms with Gasteiger partial charge in [0.05, 0.1) is 11.9 Å². The average Bonchev–Trinajstić information content (AvgIpc) is 3.29. The highest BCUT2D eigenvalue weighted by Gasteiger charge is 2.46. The molecular formula is C18H16N6O2. The second-order valence-electron chi connectivity index (χ2n) is 6.06. The lowest BCUT2D eigenvalue weighted by molar-refractivity contribution is -0.117. The van der Waals surface area contributed by atoms with E-state index >= 15 is 0 Å². The summed E-state index contributed by atoms with van der Waals surface area (Å²) in [5, 5.41) is 12.1. The number of pyridine rings is 1.